The molecule has 0 fully saturated rings. The van der Waals surface area contributed by atoms with Gasteiger partial charge in [0, 0.05) is 10.3 Å². The number of hydrogen-bond donors (Lipinski definition) is 2. The smallest absolute Gasteiger partial charge is 0.416 e. The number of nitrogens with one attached hydrogen (secondary N) is 1. The minimum absolute atomic E-state index is 0.302. The zero-order valence-electron chi connectivity index (χ0n) is 16.5. The Bertz CT molecular complexity index is 1220. The van der Waals surface area contributed by atoms with Gasteiger partial charge in [-0.3, -0.25) is 5.10 Å². The summed E-state index contributed by atoms with van der Waals surface area (Å²) in [6.45, 7) is -0.441. The van der Waals surface area contributed by atoms with Crippen LogP contribution in [0.15, 0.2) is 77.8 Å². The summed E-state index contributed by atoms with van der Waals surface area (Å²) in [7, 11) is 0. The minimum atomic E-state index is -4.41. The van der Waals surface area contributed by atoms with Crippen LogP contribution >= 0.6 is 11.8 Å². The van der Waals surface area contributed by atoms with Gasteiger partial charge in [-0.1, -0.05) is 24.3 Å². The molecule has 0 saturated heterocycles. The molecule has 0 radical (unpaired) electrons. The Morgan fingerprint density at radius 3 is 2.44 bits per heavy atom. The van der Waals surface area contributed by atoms with Gasteiger partial charge >= 0.3 is 12.1 Å². The van der Waals surface area contributed by atoms with E-state index in [0.717, 1.165) is 33.5 Å². The van der Waals surface area contributed by atoms with Crippen molar-refractivity contribution in [2.75, 3.05) is 6.61 Å². The number of thioether (sulfide) groups is 1. The van der Waals surface area contributed by atoms with E-state index in [0.29, 0.717) is 11.3 Å². The maximum Gasteiger partial charge on any atom is 0.416 e. The molecule has 1 atom stereocenters. The lowest BCUT2D eigenvalue weighted by Crippen LogP contribution is -2.09. The van der Waals surface area contributed by atoms with Crippen LogP contribution < -0.4 is 4.74 Å². The van der Waals surface area contributed by atoms with E-state index < -0.39 is 24.3 Å². The number of aliphatic carboxylic acids is 1. The average molecular weight is 458 g/mol. The van der Waals surface area contributed by atoms with Crippen molar-refractivity contribution < 1.29 is 27.8 Å². The summed E-state index contributed by atoms with van der Waals surface area (Å²) in [4.78, 5) is 11.5. The summed E-state index contributed by atoms with van der Waals surface area (Å²) in [5.41, 5.74) is 1.75. The number of fused-ring (bicyclic) bond motifs is 1. The molecule has 0 aliphatic heterocycles. The number of benzene rings is 3. The predicted molar refractivity (Wildman–Crippen MR) is 115 cm³/mol. The fourth-order valence-electron chi connectivity index (χ4n) is 3.27. The second-order valence-corrected chi connectivity index (χ2v) is 8.13. The van der Waals surface area contributed by atoms with Crippen LogP contribution in [0.3, 0.4) is 0 Å². The van der Waals surface area contributed by atoms with Crippen molar-refractivity contribution in [1.29, 1.82) is 0 Å². The molecule has 4 rings (SSSR count). The molecule has 0 bridgehead atoms. The fourth-order valence-corrected chi connectivity index (χ4v) is 4.46. The Morgan fingerprint density at radius 1 is 1.06 bits per heavy atom. The predicted octanol–water partition coefficient (Wildman–Crippen LogP) is 5.93. The van der Waals surface area contributed by atoms with Crippen LogP contribution in [0.2, 0.25) is 0 Å². The van der Waals surface area contributed by atoms with Gasteiger partial charge in [-0.15, -0.1) is 11.8 Å². The lowest BCUT2D eigenvalue weighted by molar-refractivity contribution is -0.139. The zero-order chi connectivity index (χ0) is 22.7. The molecule has 5 nitrogen and oxygen atoms in total. The Balaban J connectivity index is 1.68. The Labute approximate surface area is 185 Å². The first-order chi connectivity index (χ1) is 15.3. The van der Waals surface area contributed by atoms with Gasteiger partial charge < -0.3 is 9.84 Å². The molecule has 2 N–H and O–H groups in total. The number of carboxylic acids is 1. The van der Waals surface area contributed by atoms with Crippen molar-refractivity contribution in [2.45, 2.75) is 16.3 Å². The SMILES string of the molecule is O=C(O)COc1ccc(SC(c2ccc(C(F)(F)F)cc2)c2cccc3[nH]ncc23)cc1. The van der Waals surface area contributed by atoms with E-state index >= 15 is 0 Å². The summed E-state index contributed by atoms with van der Waals surface area (Å²) in [5.74, 6) is -0.654. The highest BCUT2D eigenvalue weighted by molar-refractivity contribution is 7.99. The summed E-state index contributed by atoms with van der Waals surface area (Å²) >= 11 is 1.46. The quantitative estimate of drug-likeness (QED) is 0.336. The third-order valence-corrected chi connectivity index (χ3v) is 6.09. The highest BCUT2D eigenvalue weighted by atomic mass is 32.2. The van der Waals surface area contributed by atoms with E-state index in [-0.39, 0.29) is 5.25 Å². The number of halogens is 3. The van der Waals surface area contributed by atoms with E-state index in [1.807, 2.05) is 18.2 Å². The number of H-pyrrole nitrogens is 1. The van der Waals surface area contributed by atoms with E-state index in [9.17, 15) is 18.0 Å². The van der Waals surface area contributed by atoms with Crippen molar-refractivity contribution in [3.05, 3.63) is 89.6 Å². The van der Waals surface area contributed by atoms with E-state index in [1.165, 1.54) is 23.9 Å². The average Bonchev–Trinajstić information content (AvgIpc) is 3.25. The molecule has 0 spiro atoms. The monoisotopic (exact) mass is 458 g/mol. The number of rotatable bonds is 7. The molecule has 9 heteroatoms. The molecule has 1 unspecified atom stereocenters. The van der Waals surface area contributed by atoms with Gasteiger partial charge in [0.25, 0.3) is 0 Å². The standard InChI is InChI=1S/C23H17F3N2O3S/c24-23(25,26)15-6-4-14(5-7-15)22(18-2-1-3-20-19(18)12-27-28-20)32-17-10-8-16(9-11-17)31-13-21(29)30/h1-12,22H,13H2,(H,27,28)(H,29,30). The van der Waals surface area contributed by atoms with E-state index in [2.05, 4.69) is 10.2 Å². The summed E-state index contributed by atoms with van der Waals surface area (Å²) in [5, 5.41) is 16.3. The molecular formula is C23H17F3N2O3S. The number of alkyl halides is 3. The van der Waals surface area contributed by atoms with Crippen LogP contribution in [0.25, 0.3) is 10.9 Å². The lowest BCUT2D eigenvalue weighted by Gasteiger charge is -2.19. The molecule has 0 aliphatic rings. The second-order valence-electron chi connectivity index (χ2n) is 6.95. The van der Waals surface area contributed by atoms with E-state index in [1.54, 1.807) is 30.5 Å². The van der Waals surface area contributed by atoms with Crippen LogP contribution in [0.1, 0.15) is 21.9 Å². The van der Waals surface area contributed by atoms with Crippen LogP contribution in [-0.4, -0.2) is 27.9 Å². The Hall–Kier alpha value is -3.46. The topological polar surface area (TPSA) is 75.2 Å². The molecular weight excluding hydrogens is 441 g/mol. The Kier molecular flexibility index (Phi) is 6.09. The van der Waals surface area contributed by atoms with Crippen molar-refractivity contribution in [2.24, 2.45) is 0 Å². The number of aromatic amines is 1. The van der Waals surface area contributed by atoms with E-state index in [4.69, 9.17) is 9.84 Å². The van der Waals surface area contributed by atoms with Crippen molar-refractivity contribution >= 4 is 28.6 Å². The largest absolute Gasteiger partial charge is 0.482 e. The molecule has 1 aromatic heterocycles. The maximum atomic E-state index is 13.0. The van der Waals surface area contributed by atoms with Crippen molar-refractivity contribution in [3.8, 4) is 5.75 Å². The normalized spacial score (nSPS) is 12.6. The first-order valence-corrected chi connectivity index (χ1v) is 10.4. The van der Waals surface area contributed by atoms with Crippen LogP contribution in [0.5, 0.6) is 5.75 Å². The number of hydrogen-bond acceptors (Lipinski definition) is 4. The van der Waals surface area contributed by atoms with Gasteiger partial charge in [-0.05, 0) is 53.6 Å². The highest BCUT2D eigenvalue weighted by Crippen LogP contribution is 2.43. The zero-order valence-corrected chi connectivity index (χ0v) is 17.3. The Morgan fingerprint density at radius 2 is 1.78 bits per heavy atom. The van der Waals surface area contributed by atoms with Gasteiger partial charge in [0.2, 0.25) is 0 Å². The molecule has 0 amide bonds. The molecule has 32 heavy (non-hydrogen) atoms. The van der Waals surface area contributed by atoms with Gasteiger partial charge in [0.05, 0.1) is 22.5 Å². The lowest BCUT2D eigenvalue weighted by atomic mass is 10.00. The summed E-state index contributed by atoms with van der Waals surface area (Å²) < 4.78 is 44.3. The third-order valence-electron chi connectivity index (χ3n) is 4.78. The molecule has 3 aromatic carbocycles. The number of carbonyl (C=O) groups is 1. The van der Waals surface area contributed by atoms with Crippen molar-refractivity contribution in [3.63, 3.8) is 0 Å². The fraction of sp³-hybridized carbons (Fsp3) is 0.130. The van der Waals surface area contributed by atoms with Crippen LogP contribution in [0, 0.1) is 0 Å². The molecule has 0 saturated carbocycles. The molecule has 1 heterocycles. The van der Waals surface area contributed by atoms with Gasteiger partial charge in [-0.25, -0.2) is 4.79 Å². The number of ether oxygens (including phenoxy) is 1. The number of nitrogens with zero attached hydrogens (tertiary/aromatic N) is 1. The number of aromatic nitrogens is 2. The number of carboxylic acid groups (broad SMARTS) is 1. The summed E-state index contributed by atoms with van der Waals surface area (Å²) in [6.07, 6.45) is -2.71. The second kappa shape index (κ2) is 8.96. The maximum absolute atomic E-state index is 13.0. The van der Waals surface area contributed by atoms with Gasteiger partial charge in [0.1, 0.15) is 5.75 Å². The van der Waals surface area contributed by atoms with Crippen molar-refractivity contribution in [1.82, 2.24) is 10.2 Å². The molecule has 4 aromatic rings. The molecule has 0 aliphatic carbocycles. The first kappa shape index (κ1) is 21.8. The minimum Gasteiger partial charge on any atom is -0.482 e. The first-order valence-electron chi connectivity index (χ1n) is 9.52. The summed E-state index contributed by atoms with van der Waals surface area (Å²) in [6, 6.07) is 17.7. The van der Waals surface area contributed by atoms with Gasteiger partial charge in [0.15, 0.2) is 6.61 Å². The van der Waals surface area contributed by atoms with Crippen LogP contribution in [0.4, 0.5) is 13.2 Å². The third kappa shape index (κ3) is 4.88. The highest BCUT2D eigenvalue weighted by Gasteiger charge is 2.30. The van der Waals surface area contributed by atoms with Crippen LogP contribution in [-0.2, 0) is 11.0 Å². The molecule has 164 valence electrons. The van der Waals surface area contributed by atoms with Gasteiger partial charge in [-0.2, -0.15) is 18.3 Å².